The van der Waals surface area contributed by atoms with Crippen molar-refractivity contribution in [3.05, 3.63) is 0 Å². The van der Waals surface area contributed by atoms with Gasteiger partial charge in [0.15, 0.2) is 0 Å². The van der Waals surface area contributed by atoms with E-state index >= 15 is 0 Å². The first-order chi connectivity index (χ1) is 10.1. The summed E-state index contributed by atoms with van der Waals surface area (Å²) >= 11 is 0. The van der Waals surface area contributed by atoms with E-state index in [4.69, 9.17) is 14.2 Å². The third-order valence-corrected chi connectivity index (χ3v) is 4.88. The predicted molar refractivity (Wildman–Crippen MR) is 85.5 cm³/mol. The summed E-state index contributed by atoms with van der Waals surface area (Å²) in [6, 6.07) is 0. The Hall–Kier alpha value is -0.120. The van der Waals surface area contributed by atoms with E-state index in [1.54, 1.807) is 0 Å². The highest BCUT2D eigenvalue weighted by Gasteiger charge is 2.29. The summed E-state index contributed by atoms with van der Waals surface area (Å²) in [6.07, 6.45) is 8.34. The lowest BCUT2D eigenvalue weighted by atomic mass is 9.96. The van der Waals surface area contributed by atoms with Crippen LogP contribution >= 0.6 is 0 Å². The van der Waals surface area contributed by atoms with Gasteiger partial charge >= 0.3 is 0 Å². The van der Waals surface area contributed by atoms with E-state index < -0.39 is 0 Å². The molecule has 3 nitrogen and oxygen atoms in total. The van der Waals surface area contributed by atoms with Crippen LogP contribution in [0.25, 0.3) is 0 Å². The van der Waals surface area contributed by atoms with E-state index in [0.29, 0.717) is 36.3 Å². The largest absolute Gasteiger partial charge is 0.378 e. The van der Waals surface area contributed by atoms with Crippen molar-refractivity contribution in [3.8, 4) is 0 Å². The Morgan fingerprint density at radius 3 is 1.52 bits per heavy atom. The molecule has 0 aromatic carbocycles. The van der Waals surface area contributed by atoms with Crippen LogP contribution in [0.1, 0.15) is 66.2 Å². The summed E-state index contributed by atoms with van der Waals surface area (Å²) in [7, 11) is 0. The highest BCUT2D eigenvalue weighted by molar-refractivity contribution is 4.78. The Labute approximate surface area is 130 Å². The molecule has 0 spiro atoms. The number of rotatable bonds is 8. The van der Waals surface area contributed by atoms with E-state index in [9.17, 15) is 0 Å². The van der Waals surface area contributed by atoms with Crippen molar-refractivity contribution < 1.29 is 14.2 Å². The van der Waals surface area contributed by atoms with Crippen LogP contribution in [0.3, 0.4) is 0 Å². The highest BCUT2D eigenvalue weighted by Crippen LogP contribution is 2.28. The number of ether oxygens (including phenoxy) is 3. The number of hydrogen-bond donors (Lipinski definition) is 0. The molecular formula is C18H34O3. The molecule has 0 bridgehead atoms. The first kappa shape index (κ1) is 17.2. The zero-order valence-electron chi connectivity index (χ0n) is 14.3. The van der Waals surface area contributed by atoms with E-state index in [1.165, 1.54) is 25.7 Å². The maximum atomic E-state index is 6.54. The molecule has 124 valence electrons. The molecule has 0 aliphatic carbocycles. The van der Waals surface area contributed by atoms with Gasteiger partial charge in [-0.1, -0.05) is 27.7 Å². The molecule has 0 N–H and O–H groups in total. The topological polar surface area (TPSA) is 27.7 Å². The number of hydrogen-bond acceptors (Lipinski definition) is 3. The van der Waals surface area contributed by atoms with Crippen LogP contribution in [0.2, 0.25) is 0 Å². The van der Waals surface area contributed by atoms with Gasteiger partial charge in [0.2, 0.25) is 0 Å². The second kappa shape index (κ2) is 8.50. The van der Waals surface area contributed by atoms with Gasteiger partial charge in [0.05, 0.1) is 24.4 Å². The fourth-order valence-corrected chi connectivity index (χ4v) is 3.37. The van der Waals surface area contributed by atoms with Gasteiger partial charge < -0.3 is 14.2 Å². The average molecular weight is 298 g/mol. The molecule has 2 aliphatic heterocycles. The van der Waals surface area contributed by atoms with Crippen LogP contribution < -0.4 is 0 Å². The van der Waals surface area contributed by atoms with E-state index in [-0.39, 0.29) is 0 Å². The first-order valence-electron chi connectivity index (χ1n) is 8.95. The molecular weight excluding hydrogens is 264 g/mol. The Kier molecular flexibility index (Phi) is 6.97. The summed E-state index contributed by atoms with van der Waals surface area (Å²) in [4.78, 5) is 0. The van der Waals surface area contributed by atoms with Gasteiger partial charge in [-0.3, -0.25) is 0 Å². The molecule has 2 rings (SSSR count). The molecule has 4 atom stereocenters. The van der Waals surface area contributed by atoms with Crippen molar-refractivity contribution >= 4 is 0 Å². The van der Waals surface area contributed by atoms with E-state index in [2.05, 4.69) is 27.7 Å². The molecule has 0 saturated carbocycles. The van der Waals surface area contributed by atoms with Crippen molar-refractivity contribution in [1.29, 1.82) is 0 Å². The molecule has 3 heteroatoms. The molecule has 2 aliphatic rings. The second-order valence-electron chi connectivity index (χ2n) is 7.44. The highest BCUT2D eigenvalue weighted by atomic mass is 16.5. The second-order valence-corrected chi connectivity index (χ2v) is 7.44. The molecule has 0 amide bonds. The van der Waals surface area contributed by atoms with Crippen LogP contribution in [0.5, 0.6) is 0 Å². The summed E-state index contributed by atoms with van der Waals surface area (Å²) in [5.74, 6) is 1.08. The van der Waals surface area contributed by atoms with Crippen molar-refractivity contribution in [2.45, 2.75) is 90.6 Å². The minimum Gasteiger partial charge on any atom is -0.378 e. The third-order valence-electron chi connectivity index (χ3n) is 4.88. The Balaban J connectivity index is 1.87. The zero-order valence-corrected chi connectivity index (χ0v) is 14.3. The summed E-state index contributed by atoms with van der Waals surface area (Å²) in [5.41, 5.74) is 0. The molecule has 21 heavy (non-hydrogen) atoms. The zero-order chi connectivity index (χ0) is 15.2. The SMILES string of the molecule is CC(C)C(CC1CCCO1)OC(CC1CCCO1)C(C)C. The minimum absolute atomic E-state index is 0.307. The Morgan fingerprint density at radius 1 is 0.810 bits per heavy atom. The van der Waals surface area contributed by atoms with Gasteiger partial charge in [-0.25, -0.2) is 0 Å². The molecule has 2 heterocycles. The lowest BCUT2D eigenvalue weighted by molar-refractivity contribution is -0.0930. The normalized spacial score (nSPS) is 29.4. The summed E-state index contributed by atoms with van der Waals surface area (Å²) in [6.45, 7) is 10.9. The molecule has 0 aromatic rings. The summed E-state index contributed by atoms with van der Waals surface area (Å²) in [5, 5.41) is 0. The van der Waals surface area contributed by atoms with Gasteiger partial charge in [0, 0.05) is 26.1 Å². The van der Waals surface area contributed by atoms with Gasteiger partial charge in [-0.15, -0.1) is 0 Å². The van der Waals surface area contributed by atoms with Crippen LogP contribution in [-0.4, -0.2) is 37.6 Å². The average Bonchev–Trinajstić information content (AvgIpc) is 3.09. The predicted octanol–water partition coefficient (Wildman–Crippen LogP) is 4.19. The molecule has 2 fully saturated rings. The maximum Gasteiger partial charge on any atom is 0.0626 e. The Morgan fingerprint density at radius 2 is 1.24 bits per heavy atom. The van der Waals surface area contributed by atoms with Crippen LogP contribution in [0.4, 0.5) is 0 Å². The van der Waals surface area contributed by atoms with E-state index in [1.807, 2.05) is 0 Å². The monoisotopic (exact) mass is 298 g/mol. The van der Waals surface area contributed by atoms with Gasteiger partial charge in [0.25, 0.3) is 0 Å². The van der Waals surface area contributed by atoms with Gasteiger partial charge in [0.1, 0.15) is 0 Å². The van der Waals surface area contributed by atoms with Gasteiger partial charge in [-0.05, 0) is 37.5 Å². The van der Waals surface area contributed by atoms with E-state index in [0.717, 1.165) is 26.1 Å². The maximum absolute atomic E-state index is 6.54. The van der Waals surface area contributed by atoms with Crippen molar-refractivity contribution in [2.75, 3.05) is 13.2 Å². The lowest BCUT2D eigenvalue weighted by Gasteiger charge is -2.32. The van der Waals surface area contributed by atoms with Crippen LogP contribution in [0, 0.1) is 11.8 Å². The molecule has 0 aromatic heterocycles. The fourth-order valence-electron chi connectivity index (χ4n) is 3.37. The summed E-state index contributed by atoms with van der Waals surface area (Å²) < 4.78 is 18.1. The molecule has 2 saturated heterocycles. The smallest absolute Gasteiger partial charge is 0.0626 e. The van der Waals surface area contributed by atoms with Crippen molar-refractivity contribution in [2.24, 2.45) is 11.8 Å². The molecule has 4 unspecified atom stereocenters. The van der Waals surface area contributed by atoms with Crippen LogP contribution in [-0.2, 0) is 14.2 Å². The third kappa shape index (κ3) is 5.54. The minimum atomic E-state index is 0.307. The first-order valence-corrected chi connectivity index (χ1v) is 8.95. The lowest BCUT2D eigenvalue weighted by Crippen LogP contribution is -2.34. The van der Waals surface area contributed by atoms with Crippen LogP contribution in [0.15, 0.2) is 0 Å². The quantitative estimate of drug-likeness (QED) is 0.672. The van der Waals surface area contributed by atoms with Crippen molar-refractivity contribution in [3.63, 3.8) is 0 Å². The fraction of sp³-hybridized carbons (Fsp3) is 1.00. The standard InChI is InChI=1S/C18H34O3/c1-13(2)17(11-15-7-5-9-19-15)21-18(14(3)4)12-16-8-6-10-20-16/h13-18H,5-12H2,1-4H3. The van der Waals surface area contributed by atoms with Crippen molar-refractivity contribution in [1.82, 2.24) is 0 Å². The molecule has 0 radical (unpaired) electrons. The Bertz CT molecular complexity index is 250. The van der Waals surface area contributed by atoms with Gasteiger partial charge in [-0.2, -0.15) is 0 Å².